The van der Waals surface area contributed by atoms with E-state index in [1.54, 1.807) is 0 Å². The molecule has 0 aliphatic carbocycles. The van der Waals surface area contributed by atoms with Gasteiger partial charge in [0.2, 0.25) is 20.0 Å². The Labute approximate surface area is 96.0 Å². The number of piperazine rings is 1. The molecule has 1 aliphatic rings. The van der Waals surface area contributed by atoms with E-state index in [9.17, 15) is 16.8 Å². The number of nitrogens with zero attached hydrogens (tertiary/aromatic N) is 2. The summed E-state index contributed by atoms with van der Waals surface area (Å²) in [6.45, 7) is 6.99. The van der Waals surface area contributed by atoms with Gasteiger partial charge in [0.05, 0.1) is 0 Å². The first-order valence-electron chi connectivity index (χ1n) is 4.58. The standard InChI is InChI=1S/C8H14N2O4S2/c1-3-15(11,12)9-5-7-10(8-6-9)16(13,14)4-2/h3-4H,1-2,5-8H2. The Bertz CT molecular complexity index is 426. The molecule has 0 unspecified atom stereocenters. The second-order valence-electron chi connectivity index (χ2n) is 3.22. The summed E-state index contributed by atoms with van der Waals surface area (Å²) in [5, 5.41) is 1.73. The third kappa shape index (κ3) is 2.70. The molecule has 0 N–H and O–H groups in total. The molecule has 0 bridgehead atoms. The van der Waals surface area contributed by atoms with Crippen LogP contribution < -0.4 is 0 Å². The Balaban J connectivity index is 2.73. The largest absolute Gasteiger partial charge is 0.235 e. The third-order valence-corrected chi connectivity index (χ3v) is 5.35. The van der Waals surface area contributed by atoms with Crippen molar-refractivity contribution in [2.75, 3.05) is 26.2 Å². The monoisotopic (exact) mass is 266 g/mol. The Morgan fingerprint density at radius 3 is 1.19 bits per heavy atom. The minimum Gasteiger partial charge on any atom is -0.208 e. The van der Waals surface area contributed by atoms with Gasteiger partial charge in [0, 0.05) is 37.0 Å². The second kappa shape index (κ2) is 4.66. The van der Waals surface area contributed by atoms with Gasteiger partial charge in [-0.3, -0.25) is 0 Å². The van der Waals surface area contributed by atoms with Crippen molar-refractivity contribution in [3.05, 3.63) is 24.0 Å². The lowest BCUT2D eigenvalue weighted by Crippen LogP contribution is -2.49. The third-order valence-electron chi connectivity index (χ3n) is 2.34. The van der Waals surface area contributed by atoms with Crippen LogP contribution in [-0.2, 0) is 20.0 Å². The molecule has 8 heteroatoms. The first-order valence-corrected chi connectivity index (χ1v) is 7.59. The molecule has 1 heterocycles. The van der Waals surface area contributed by atoms with Crippen molar-refractivity contribution in [3.8, 4) is 0 Å². The highest BCUT2D eigenvalue weighted by molar-refractivity contribution is 7.92. The number of hydrogen-bond acceptors (Lipinski definition) is 4. The summed E-state index contributed by atoms with van der Waals surface area (Å²) in [7, 11) is -6.89. The van der Waals surface area contributed by atoms with Gasteiger partial charge in [-0.15, -0.1) is 0 Å². The Morgan fingerprint density at radius 2 is 1.00 bits per heavy atom. The Hall–Kier alpha value is -0.700. The van der Waals surface area contributed by atoms with E-state index in [-0.39, 0.29) is 26.2 Å². The summed E-state index contributed by atoms with van der Waals surface area (Å²) in [5.74, 6) is 0. The first kappa shape index (κ1) is 13.4. The molecule has 0 aromatic rings. The molecule has 1 saturated heterocycles. The highest BCUT2D eigenvalue weighted by Gasteiger charge is 2.29. The summed E-state index contributed by atoms with van der Waals surface area (Å²) in [4.78, 5) is 0. The van der Waals surface area contributed by atoms with Gasteiger partial charge in [0.15, 0.2) is 0 Å². The normalized spacial score (nSPS) is 20.5. The van der Waals surface area contributed by atoms with Crippen LogP contribution in [0.4, 0.5) is 0 Å². The van der Waals surface area contributed by atoms with Crippen LogP contribution in [0.5, 0.6) is 0 Å². The van der Waals surface area contributed by atoms with Crippen molar-refractivity contribution < 1.29 is 16.8 Å². The van der Waals surface area contributed by atoms with Crippen molar-refractivity contribution in [2.24, 2.45) is 0 Å². The van der Waals surface area contributed by atoms with Crippen molar-refractivity contribution in [1.29, 1.82) is 0 Å². The molecule has 0 aromatic carbocycles. The molecule has 92 valence electrons. The molecule has 0 saturated carbocycles. The molecule has 0 atom stereocenters. The summed E-state index contributed by atoms with van der Waals surface area (Å²) in [5.41, 5.74) is 0. The predicted molar refractivity (Wildman–Crippen MR) is 61.4 cm³/mol. The van der Waals surface area contributed by atoms with Crippen LogP contribution >= 0.6 is 0 Å². The topological polar surface area (TPSA) is 74.8 Å². The maximum atomic E-state index is 11.4. The van der Waals surface area contributed by atoms with Crippen molar-refractivity contribution in [3.63, 3.8) is 0 Å². The van der Waals surface area contributed by atoms with E-state index in [1.807, 2.05) is 0 Å². The van der Waals surface area contributed by atoms with Crippen LogP contribution in [0, 0.1) is 0 Å². The van der Waals surface area contributed by atoms with E-state index in [4.69, 9.17) is 0 Å². The summed E-state index contributed by atoms with van der Waals surface area (Å²) < 4.78 is 48.0. The second-order valence-corrected chi connectivity index (χ2v) is 6.98. The summed E-state index contributed by atoms with van der Waals surface area (Å²) in [6, 6.07) is 0. The highest BCUT2D eigenvalue weighted by Crippen LogP contribution is 2.12. The molecular formula is C8H14N2O4S2. The number of hydrogen-bond donors (Lipinski definition) is 0. The Kier molecular flexibility index (Phi) is 3.89. The predicted octanol–water partition coefficient (Wildman–Crippen LogP) is -0.449. The zero-order valence-electron chi connectivity index (χ0n) is 8.74. The Morgan fingerprint density at radius 1 is 0.750 bits per heavy atom. The molecule has 0 spiro atoms. The number of sulfonamides is 2. The van der Waals surface area contributed by atoms with Crippen molar-refractivity contribution in [1.82, 2.24) is 8.61 Å². The fourth-order valence-electron chi connectivity index (χ4n) is 1.39. The molecule has 0 radical (unpaired) electrons. The molecule has 1 aliphatic heterocycles. The van der Waals surface area contributed by atoms with E-state index < -0.39 is 20.0 Å². The molecule has 16 heavy (non-hydrogen) atoms. The quantitative estimate of drug-likeness (QED) is 0.691. The van der Waals surface area contributed by atoms with Gasteiger partial charge in [-0.25, -0.2) is 16.8 Å². The fraction of sp³-hybridized carbons (Fsp3) is 0.500. The average Bonchev–Trinajstić information content (AvgIpc) is 2.29. The zero-order chi connectivity index (χ0) is 12.4. The van der Waals surface area contributed by atoms with Gasteiger partial charge in [0.25, 0.3) is 0 Å². The van der Waals surface area contributed by atoms with Crippen LogP contribution in [-0.4, -0.2) is 51.6 Å². The van der Waals surface area contributed by atoms with Crippen LogP contribution in [0.25, 0.3) is 0 Å². The lowest BCUT2D eigenvalue weighted by molar-refractivity contribution is 0.277. The van der Waals surface area contributed by atoms with Crippen LogP contribution in [0.1, 0.15) is 0 Å². The lowest BCUT2D eigenvalue weighted by atomic mass is 10.4. The molecule has 0 amide bonds. The SMILES string of the molecule is C=CS(=O)(=O)N1CCN(S(=O)(=O)C=C)CC1. The van der Waals surface area contributed by atoms with Gasteiger partial charge in [-0.05, 0) is 0 Å². The van der Waals surface area contributed by atoms with E-state index in [0.29, 0.717) is 0 Å². The highest BCUT2D eigenvalue weighted by atomic mass is 32.2. The minimum atomic E-state index is -3.45. The molecular weight excluding hydrogens is 252 g/mol. The first-order chi connectivity index (χ1) is 7.33. The van der Waals surface area contributed by atoms with Crippen LogP contribution in [0.3, 0.4) is 0 Å². The van der Waals surface area contributed by atoms with E-state index >= 15 is 0 Å². The molecule has 6 nitrogen and oxygen atoms in total. The lowest BCUT2D eigenvalue weighted by Gasteiger charge is -2.31. The van der Waals surface area contributed by atoms with Crippen LogP contribution in [0.15, 0.2) is 24.0 Å². The van der Waals surface area contributed by atoms with E-state index in [2.05, 4.69) is 13.2 Å². The van der Waals surface area contributed by atoms with Gasteiger partial charge in [-0.2, -0.15) is 8.61 Å². The van der Waals surface area contributed by atoms with Gasteiger partial charge >= 0.3 is 0 Å². The van der Waals surface area contributed by atoms with Crippen LogP contribution in [0.2, 0.25) is 0 Å². The van der Waals surface area contributed by atoms with E-state index in [0.717, 1.165) is 10.8 Å². The van der Waals surface area contributed by atoms with Crippen molar-refractivity contribution >= 4 is 20.0 Å². The fourth-order valence-corrected chi connectivity index (χ4v) is 3.16. The van der Waals surface area contributed by atoms with Crippen molar-refractivity contribution in [2.45, 2.75) is 0 Å². The molecule has 0 aromatic heterocycles. The summed E-state index contributed by atoms with van der Waals surface area (Å²) in [6.07, 6.45) is 0. The molecule has 1 rings (SSSR count). The maximum Gasteiger partial charge on any atom is 0.235 e. The van der Waals surface area contributed by atoms with Gasteiger partial charge < -0.3 is 0 Å². The molecule has 1 fully saturated rings. The van der Waals surface area contributed by atoms with Gasteiger partial charge in [-0.1, -0.05) is 13.2 Å². The van der Waals surface area contributed by atoms with E-state index in [1.165, 1.54) is 8.61 Å². The number of rotatable bonds is 4. The average molecular weight is 266 g/mol. The minimum absolute atomic E-state index is 0.140. The summed E-state index contributed by atoms with van der Waals surface area (Å²) >= 11 is 0. The maximum absolute atomic E-state index is 11.4. The zero-order valence-corrected chi connectivity index (χ0v) is 10.4. The van der Waals surface area contributed by atoms with Gasteiger partial charge in [0.1, 0.15) is 0 Å². The smallest absolute Gasteiger partial charge is 0.208 e.